The predicted octanol–water partition coefficient (Wildman–Crippen LogP) is 0.329. The molecule has 0 rings (SSSR count). The molecular formula is C5H15O2P. The minimum atomic E-state index is -2.35. The van der Waals surface area contributed by atoms with Gasteiger partial charge in [0.15, 0.2) is 0 Å². The summed E-state index contributed by atoms with van der Waals surface area (Å²) in [6.45, 7) is 3.20. The Morgan fingerprint density at radius 1 is 1.25 bits per heavy atom. The average molecular weight is 138 g/mol. The number of hydrogen-bond acceptors (Lipinski definition) is 2. The van der Waals surface area contributed by atoms with Gasteiger partial charge < -0.3 is 0 Å². The summed E-state index contributed by atoms with van der Waals surface area (Å²) in [6.07, 6.45) is 0.547. The first-order chi connectivity index (χ1) is 3.31. The van der Waals surface area contributed by atoms with Crippen molar-refractivity contribution in [3.63, 3.8) is 0 Å². The Hall–Kier alpha value is 0.350. The van der Waals surface area contributed by atoms with Gasteiger partial charge in [-0.2, -0.15) is 0 Å². The van der Waals surface area contributed by atoms with Gasteiger partial charge >= 0.3 is 49.6 Å². The quantitative estimate of drug-likeness (QED) is 0.540. The third-order valence-corrected chi connectivity index (χ3v) is 2.61. The van der Waals surface area contributed by atoms with Crippen molar-refractivity contribution in [3.8, 4) is 0 Å². The van der Waals surface area contributed by atoms with E-state index in [1.54, 1.807) is 0 Å². The average Bonchev–Trinajstić information content (AvgIpc) is 1.25. The molecule has 0 aromatic carbocycles. The molecule has 0 unspecified atom stereocenters. The number of hydrogen-bond donors (Lipinski definition) is 2. The van der Waals surface area contributed by atoms with E-state index in [-0.39, 0.29) is 6.61 Å². The summed E-state index contributed by atoms with van der Waals surface area (Å²) in [5, 5.41) is 8.44. The summed E-state index contributed by atoms with van der Waals surface area (Å²) in [6, 6.07) is 0. The van der Waals surface area contributed by atoms with Gasteiger partial charge in [0.2, 0.25) is 0 Å². The van der Waals surface area contributed by atoms with Crippen LogP contribution in [0.2, 0.25) is 0 Å². The van der Waals surface area contributed by atoms with Gasteiger partial charge in [0.05, 0.1) is 0 Å². The molecule has 3 heteroatoms. The van der Waals surface area contributed by atoms with Gasteiger partial charge in [-0.15, -0.1) is 0 Å². The van der Waals surface area contributed by atoms with E-state index in [9.17, 15) is 4.89 Å². The van der Waals surface area contributed by atoms with Crippen LogP contribution in [0.5, 0.6) is 0 Å². The fourth-order valence-electron chi connectivity index (χ4n) is 0.345. The number of aliphatic hydroxyl groups excluding tert-OH is 1. The van der Waals surface area contributed by atoms with E-state index < -0.39 is 6.83 Å². The molecule has 0 fully saturated rings. The van der Waals surface area contributed by atoms with Crippen LogP contribution in [0.3, 0.4) is 0 Å². The van der Waals surface area contributed by atoms with E-state index in [1.807, 2.05) is 20.0 Å². The van der Waals surface area contributed by atoms with Crippen LogP contribution < -0.4 is 0 Å². The monoisotopic (exact) mass is 138 g/mol. The molecule has 0 amide bonds. The molecule has 0 atom stereocenters. The Kier molecular flexibility index (Phi) is 2.03. The molecule has 0 aliphatic heterocycles. The van der Waals surface area contributed by atoms with Crippen molar-refractivity contribution in [1.82, 2.24) is 0 Å². The third-order valence-electron chi connectivity index (χ3n) is 0.871. The zero-order valence-corrected chi connectivity index (χ0v) is 6.65. The van der Waals surface area contributed by atoms with Crippen LogP contribution >= 0.6 is 6.83 Å². The molecule has 0 radical (unpaired) electrons. The molecule has 8 heavy (non-hydrogen) atoms. The second kappa shape index (κ2) is 1.94. The van der Waals surface area contributed by atoms with Crippen molar-refractivity contribution in [2.75, 3.05) is 32.8 Å². The molecule has 0 saturated carbocycles. The summed E-state index contributed by atoms with van der Waals surface area (Å²) >= 11 is 0. The molecule has 0 aromatic heterocycles. The Labute approximate surface area is 50.5 Å². The fourth-order valence-corrected chi connectivity index (χ4v) is 1.03. The van der Waals surface area contributed by atoms with Crippen LogP contribution in [-0.4, -0.2) is 42.8 Å². The second-order valence-corrected chi connectivity index (χ2v) is 9.99. The normalized spacial score (nSPS) is 17.4. The second-order valence-electron chi connectivity index (χ2n) is 3.48. The number of rotatable bonds is 2. The first kappa shape index (κ1) is 8.35. The molecule has 0 bridgehead atoms. The van der Waals surface area contributed by atoms with Crippen LogP contribution in [0.25, 0.3) is 0 Å². The fraction of sp³-hybridized carbons (Fsp3) is 1.00. The van der Waals surface area contributed by atoms with Gasteiger partial charge in [-0.25, -0.2) is 0 Å². The van der Waals surface area contributed by atoms with Crippen molar-refractivity contribution < 1.29 is 10.00 Å². The predicted molar refractivity (Wildman–Crippen MR) is 38.9 cm³/mol. The summed E-state index contributed by atoms with van der Waals surface area (Å²) in [4.78, 5) is 9.45. The van der Waals surface area contributed by atoms with Crippen molar-refractivity contribution in [2.45, 2.75) is 0 Å². The van der Waals surface area contributed by atoms with E-state index in [1.165, 1.54) is 0 Å². The molecule has 0 aliphatic rings. The van der Waals surface area contributed by atoms with Crippen LogP contribution in [0.1, 0.15) is 0 Å². The third kappa shape index (κ3) is 6.35. The molecule has 0 heterocycles. The van der Waals surface area contributed by atoms with Crippen molar-refractivity contribution in [3.05, 3.63) is 0 Å². The Bertz CT molecular complexity index is 72.9. The molecule has 2 N–H and O–H groups in total. The van der Waals surface area contributed by atoms with Crippen molar-refractivity contribution >= 4 is 6.83 Å². The summed E-state index contributed by atoms with van der Waals surface area (Å²) in [5.41, 5.74) is 0. The SMILES string of the molecule is CP(C)(C)(O)CCO. The Balaban J connectivity index is 3.73. The van der Waals surface area contributed by atoms with E-state index in [0.29, 0.717) is 6.16 Å². The van der Waals surface area contributed by atoms with E-state index in [2.05, 4.69) is 0 Å². The van der Waals surface area contributed by atoms with Crippen LogP contribution in [0, 0.1) is 0 Å². The maximum absolute atomic E-state index is 9.45. The van der Waals surface area contributed by atoms with Gasteiger partial charge in [-0.3, -0.25) is 0 Å². The molecule has 0 spiro atoms. The molecule has 2 nitrogen and oxygen atoms in total. The zero-order valence-electron chi connectivity index (χ0n) is 5.76. The standard InChI is InChI=1S/C5H15O2P/c1-8(2,3,7)5-4-6/h6-7H,4-5H2,1-3H3. The summed E-state index contributed by atoms with van der Waals surface area (Å²) in [5.74, 6) is 0. The van der Waals surface area contributed by atoms with Gasteiger partial charge in [0.1, 0.15) is 0 Å². The Morgan fingerprint density at radius 3 is 1.62 bits per heavy atom. The first-order valence-electron chi connectivity index (χ1n) is 2.67. The molecular weight excluding hydrogens is 123 g/mol. The summed E-state index contributed by atoms with van der Waals surface area (Å²) in [7, 11) is 0. The van der Waals surface area contributed by atoms with Crippen LogP contribution in [-0.2, 0) is 0 Å². The molecule has 0 saturated heterocycles. The molecule has 52 valence electrons. The van der Waals surface area contributed by atoms with Gasteiger partial charge in [0.25, 0.3) is 0 Å². The zero-order chi connectivity index (χ0) is 6.86. The van der Waals surface area contributed by atoms with Gasteiger partial charge in [-0.05, 0) is 0 Å². The van der Waals surface area contributed by atoms with Gasteiger partial charge in [0, 0.05) is 0 Å². The minimum absolute atomic E-state index is 0.0951. The van der Waals surface area contributed by atoms with E-state index in [0.717, 1.165) is 0 Å². The molecule has 0 aliphatic carbocycles. The topological polar surface area (TPSA) is 40.5 Å². The summed E-state index contributed by atoms with van der Waals surface area (Å²) < 4.78 is 0. The van der Waals surface area contributed by atoms with Crippen LogP contribution in [0.4, 0.5) is 0 Å². The Morgan fingerprint density at radius 2 is 1.62 bits per heavy atom. The molecule has 0 aromatic rings. The van der Waals surface area contributed by atoms with E-state index in [4.69, 9.17) is 5.11 Å². The van der Waals surface area contributed by atoms with E-state index >= 15 is 0 Å². The van der Waals surface area contributed by atoms with Crippen molar-refractivity contribution in [2.24, 2.45) is 0 Å². The van der Waals surface area contributed by atoms with Crippen molar-refractivity contribution in [1.29, 1.82) is 0 Å². The maximum atomic E-state index is 9.45. The van der Waals surface area contributed by atoms with Crippen LogP contribution in [0.15, 0.2) is 0 Å². The first-order valence-corrected chi connectivity index (χ1v) is 6.39. The number of aliphatic hydroxyl groups is 1. The van der Waals surface area contributed by atoms with Gasteiger partial charge in [-0.1, -0.05) is 0 Å².